The lowest BCUT2D eigenvalue weighted by Gasteiger charge is -2.34. The first-order chi connectivity index (χ1) is 10.2. The van der Waals surface area contributed by atoms with Gasteiger partial charge in [0.05, 0.1) is 11.3 Å². The number of piperidine rings is 1. The van der Waals surface area contributed by atoms with Crippen LogP contribution in [0.2, 0.25) is 0 Å². The van der Waals surface area contributed by atoms with Crippen molar-refractivity contribution in [3.05, 3.63) is 23.8 Å². The van der Waals surface area contributed by atoms with Crippen molar-refractivity contribution in [3.8, 4) is 6.07 Å². The lowest BCUT2D eigenvalue weighted by Crippen LogP contribution is -2.44. The summed E-state index contributed by atoms with van der Waals surface area (Å²) in [6, 6.07) is 8.68. The molecule has 0 saturated carbocycles. The largest absolute Gasteiger partial charge is 0.370 e. The Morgan fingerprint density at radius 2 is 2.19 bits per heavy atom. The number of hydrogen-bond acceptors (Lipinski definition) is 4. The lowest BCUT2D eigenvalue weighted by molar-refractivity contribution is -0.119. The number of nitriles is 1. The summed E-state index contributed by atoms with van der Waals surface area (Å²) in [5.41, 5.74) is 1.81. The third-order valence-electron chi connectivity index (χ3n) is 3.66. The minimum atomic E-state index is 0.0347. The molecule has 0 bridgehead atoms. The molecule has 0 aromatic heterocycles. The Balaban J connectivity index is 2.11. The number of benzene rings is 1. The van der Waals surface area contributed by atoms with Crippen LogP contribution < -0.4 is 10.2 Å². The van der Waals surface area contributed by atoms with E-state index in [1.165, 1.54) is 0 Å². The van der Waals surface area contributed by atoms with E-state index in [1.807, 2.05) is 18.2 Å². The van der Waals surface area contributed by atoms with Crippen LogP contribution in [0.4, 0.5) is 5.69 Å². The molecule has 1 amide bonds. The first-order valence-corrected chi connectivity index (χ1v) is 8.32. The van der Waals surface area contributed by atoms with Crippen molar-refractivity contribution in [3.63, 3.8) is 0 Å². The van der Waals surface area contributed by atoms with E-state index >= 15 is 0 Å². The van der Waals surface area contributed by atoms with Crippen molar-refractivity contribution in [2.75, 3.05) is 23.7 Å². The van der Waals surface area contributed by atoms with Gasteiger partial charge in [-0.25, -0.2) is 0 Å². The monoisotopic (exact) mass is 303 g/mol. The van der Waals surface area contributed by atoms with Crippen LogP contribution >= 0.6 is 11.8 Å². The number of carbonyl (C=O) groups is 1. The number of thioether (sulfide) groups is 1. The summed E-state index contributed by atoms with van der Waals surface area (Å²) in [7, 11) is 0. The number of nitrogens with zero attached hydrogens (tertiary/aromatic N) is 2. The average molecular weight is 303 g/mol. The van der Waals surface area contributed by atoms with Crippen LogP contribution in [-0.2, 0) is 4.79 Å². The molecule has 1 aliphatic rings. The molecule has 0 spiro atoms. The first-order valence-electron chi connectivity index (χ1n) is 7.33. The van der Waals surface area contributed by atoms with Crippen molar-refractivity contribution < 1.29 is 4.79 Å². The third kappa shape index (κ3) is 3.92. The van der Waals surface area contributed by atoms with Crippen molar-refractivity contribution in [1.82, 2.24) is 5.32 Å². The zero-order valence-electron chi connectivity index (χ0n) is 12.6. The Morgan fingerprint density at radius 3 is 2.76 bits per heavy atom. The van der Waals surface area contributed by atoms with Gasteiger partial charge in [0.25, 0.3) is 0 Å². The molecular formula is C16H21N3OS. The van der Waals surface area contributed by atoms with Crippen LogP contribution in [0, 0.1) is 11.3 Å². The quantitative estimate of drug-likeness (QED) is 0.869. The maximum atomic E-state index is 11.1. The van der Waals surface area contributed by atoms with Gasteiger partial charge in [0.2, 0.25) is 5.91 Å². The number of carbonyl (C=O) groups excluding carboxylic acids is 1. The molecule has 21 heavy (non-hydrogen) atoms. The summed E-state index contributed by atoms with van der Waals surface area (Å²) in [4.78, 5) is 14.4. The van der Waals surface area contributed by atoms with E-state index in [2.05, 4.69) is 23.2 Å². The maximum absolute atomic E-state index is 11.1. The zero-order valence-corrected chi connectivity index (χ0v) is 13.4. The molecule has 0 atom stereocenters. The van der Waals surface area contributed by atoms with Crippen molar-refractivity contribution in [2.24, 2.45) is 0 Å². The minimum Gasteiger partial charge on any atom is -0.370 e. The van der Waals surface area contributed by atoms with E-state index < -0.39 is 0 Å². The molecule has 2 rings (SSSR count). The van der Waals surface area contributed by atoms with E-state index in [0.29, 0.717) is 0 Å². The van der Waals surface area contributed by atoms with Gasteiger partial charge in [-0.3, -0.25) is 4.79 Å². The minimum absolute atomic E-state index is 0.0347. The van der Waals surface area contributed by atoms with E-state index in [4.69, 9.17) is 0 Å². The fourth-order valence-electron chi connectivity index (χ4n) is 2.72. The normalized spacial score (nSPS) is 15.6. The molecule has 1 aromatic carbocycles. The second-order valence-corrected chi connectivity index (χ2v) is 6.46. The maximum Gasteiger partial charge on any atom is 0.217 e. The number of nitrogens with one attached hydrogen (secondary N) is 1. The molecule has 1 N–H and O–H groups in total. The fourth-order valence-corrected chi connectivity index (χ4v) is 3.50. The molecule has 0 unspecified atom stereocenters. The molecule has 1 aliphatic heterocycles. The zero-order chi connectivity index (χ0) is 15.2. The first kappa shape index (κ1) is 15.7. The Morgan fingerprint density at radius 1 is 1.48 bits per heavy atom. The fraction of sp³-hybridized carbons (Fsp3) is 0.500. The van der Waals surface area contributed by atoms with Crippen LogP contribution in [0.1, 0.15) is 32.3 Å². The number of anilines is 1. The van der Waals surface area contributed by atoms with Gasteiger partial charge in [-0.05, 0) is 30.7 Å². The van der Waals surface area contributed by atoms with Gasteiger partial charge in [0.15, 0.2) is 0 Å². The van der Waals surface area contributed by atoms with E-state index in [0.717, 1.165) is 47.8 Å². The molecule has 0 aliphatic carbocycles. The van der Waals surface area contributed by atoms with Crippen LogP contribution in [0.15, 0.2) is 23.1 Å². The SMILES string of the molecule is CCSc1cccc(N2CCC(NC(C)=O)CC2)c1C#N. The van der Waals surface area contributed by atoms with Gasteiger partial charge < -0.3 is 10.2 Å². The molecule has 1 fully saturated rings. The van der Waals surface area contributed by atoms with Crippen LogP contribution in [0.3, 0.4) is 0 Å². The van der Waals surface area contributed by atoms with Gasteiger partial charge in [0, 0.05) is 31.0 Å². The summed E-state index contributed by atoms with van der Waals surface area (Å²) in [6.45, 7) is 5.41. The van der Waals surface area contributed by atoms with Crippen molar-refractivity contribution >= 4 is 23.4 Å². The standard InChI is InChI=1S/C16H21N3OS/c1-3-21-16-6-4-5-15(14(16)11-17)19-9-7-13(8-10-19)18-12(2)20/h4-6,13H,3,7-10H2,1-2H3,(H,18,20). The van der Waals surface area contributed by atoms with Crippen molar-refractivity contribution in [2.45, 2.75) is 37.6 Å². The van der Waals surface area contributed by atoms with Crippen LogP contribution in [-0.4, -0.2) is 30.8 Å². The van der Waals surface area contributed by atoms with E-state index in [-0.39, 0.29) is 11.9 Å². The second-order valence-electron chi connectivity index (χ2n) is 5.16. The molecule has 1 aromatic rings. The molecule has 5 heteroatoms. The predicted molar refractivity (Wildman–Crippen MR) is 86.6 cm³/mol. The Kier molecular flexibility index (Phi) is 5.51. The summed E-state index contributed by atoms with van der Waals surface area (Å²) in [6.07, 6.45) is 1.85. The summed E-state index contributed by atoms with van der Waals surface area (Å²) < 4.78 is 0. The average Bonchev–Trinajstić information content (AvgIpc) is 2.47. The Bertz CT molecular complexity index is 545. The summed E-state index contributed by atoms with van der Waals surface area (Å²) in [5, 5.41) is 12.5. The van der Waals surface area contributed by atoms with Gasteiger partial charge in [0.1, 0.15) is 6.07 Å². The molecular weight excluding hydrogens is 282 g/mol. The highest BCUT2D eigenvalue weighted by molar-refractivity contribution is 7.99. The van der Waals surface area contributed by atoms with E-state index in [1.54, 1.807) is 18.7 Å². The summed E-state index contributed by atoms with van der Waals surface area (Å²) >= 11 is 1.71. The smallest absolute Gasteiger partial charge is 0.217 e. The lowest BCUT2D eigenvalue weighted by atomic mass is 10.0. The van der Waals surface area contributed by atoms with Gasteiger partial charge >= 0.3 is 0 Å². The van der Waals surface area contributed by atoms with E-state index in [9.17, 15) is 10.1 Å². The van der Waals surface area contributed by atoms with Crippen LogP contribution in [0.5, 0.6) is 0 Å². The highest BCUT2D eigenvalue weighted by Gasteiger charge is 2.22. The molecule has 112 valence electrons. The molecule has 1 heterocycles. The topological polar surface area (TPSA) is 56.1 Å². The number of rotatable bonds is 4. The molecule has 0 radical (unpaired) electrons. The Labute approximate surface area is 130 Å². The van der Waals surface area contributed by atoms with Crippen LogP contribution in [0.25, 0.3) is 0 Å². The summed E-state index contributed by atoms with van der Waals surface area (Å²) in [5.74, 6) is 0.996. The van der Waals surface area contributed by atoms with Crippen molar-refractivity contribution in [1.29, 1.82) is 5.26 Å². The number of hydrogen-bond donors (Lipinski definition) is 1. The second kappa shape index (κ2) is 7.37. The number of amides is 1. The predicted octanol–water partition coefficient (Wildman–Crippen LogP) is 2.78. The highest BCUT2D eigenvalue weighted by atomic mass is 32.2. The molecule has 4 nitrogen and oxygen atoms in total. The third-order valence-corrected chi connectivity index (χ3v) is 4.60. The van der Waals surface area contributed by atoms with Gasteiger partial charge in [-0.1, -0.05) is 13.0 Å². The highest BCUT2D eigenvalue weighted by Crippen LogP contribution is 2.31. The Hall–Kier alpha value is -1.67. The molecule has 1 saturated heterocycles. The van der Waals surface area contributed by atoms with Gasteiger partial charge in [-0.15, -0.1) is 11.8 Å². The van der Waals surface area contributed by atoms with Gasteiger partial charge in [-0.2, -0.15) is 5.26 Å².